The molecule has 0 aliphatic rings. The quantitative estimate of drug-likeness (QED) is 0.599. The maximum absolute atomic E-state index is 11.0. The lowest BCUT2D eigenvalue weighted by molar-refractivity contribution is -0.384. The zero-order valence-electron chi connectivity index (χ0n) is 10.3. The predicted molar refractivity (Wildman–Crippen MR) is 67.8 cm³/mol. The fourth-order valence-corrected chi connectivity index (χ4v) is 1.68. The van der Waals surface area contributed by atoms with E-state index in [0.717, 1.165) is 0 Å². The molecule has 0 aliphatic heterocycles. The zero-order valence-corrected chi connectivity index (χ0v) is 10.3. The molecule has 0 bridgehead atoms. The lowest BCUT2D eigenvalue weighted by Crippen LogP contribution is -2.29. The highest BCUT2D eigenvalue weighted by atomic mass is 16.6. The van der Waals surface area contributed by atoms with Crippen molar-refractivity contribution < 1.29 is 14.8 Å². The van der Waals surface area contributed by atoms with E-state index in [-0.39, 0.29) is 11.3 Å². The number of anilines is 1. The molecule has 1 rings (SSSR count). The van der Waals surface area contributed by atoms with Crippen LogP contribution in [0.25, 0.3) is 0 Å². The van der Waals surface area contributed by atoms with E-state index < -0.39 is 22.6 Å². The van der Waals surface area contributed by atoms with Crippen LogP contribution in [-0.4, -0.2) is 22.0 Å². The SMILES string of the molecule is CCCC(Nc1cccc(C#N)c1[N+](=O)[O-])C(=O)O. The van der Waals surface area contributed by atoms with Crippen molar-refractivity contribution in [3.05, 3.63) is 33.9 Å². The maximum Gasteiger partial charge on any atom is 0.326 e. The molecule has 0 spiro atoms. The molecule has 7 heteroatoms. The molecule has 1 aromatic carbocycles. The van der Waals surface area contributed by atoms with Crippen LogP contribution in [0.3, 0.4) is 0 Å². The number of rotatable bonds is 6. The second kappa shape index (κ2) is 6.35. The number of nitrogens with one attached hydrogen (secondary N) is 1. The molecule has 2 N–H and O–H groups in total. The summed E-state index contributed by atoms with van der Waals surface area (Å²) in [6.07, 6.45) is 0.957. The number of hydrogen-bond donors (Lipinski definition) is 2. The zero-order chi connectivity index (χ0) is 14.4. The van der Waals surface area contributed by atoms with E-state index in [1.807, 2.05) is 6.92 Å². The third-order valence-electron chi connectivity index (χ3n) is 2.54. The molecule has 0 fully saturated rings. The number of nitro benzene ring substituents is 1. The van der Waals surface area contributed by atoms with Gasteiger partial charge in [-0.1, -0.05) is 19.4 Å². The van der Waals surface area contributed by atoms with Crippen molar-refractivity contribution in [1.82, 2.24) is 0 Å². The third kappa shape index (κ3) is 3.42. The number of carboxylic acid groups (broad SMARTS) is 1. The maximum atomic E-state index is 11.0. The van der Waals surface area contributed by atoms with Crippen LogP contribution in [0, 0.1) is 21.4 Å². The summed E-state index contributed by atoms with van der Waals surface area (Å²) in [6, 6.07) is 4.99. The van der Waals surface area contributed by atoms with Gasteiger partial charge in [0.25, 0.3) is 0 Å². The van der Waals surface area contributed by atoms with Gasteiger partial charge in [0.05, 0.1) is 4.92 Å². The Kier molecular flexibility index (Phi) is 4.83. The number of carbonyl (C=O) groups is 1. The largest absolute Gasteiger partial charge is 0.480 e. The summed E-state index contributed by atoms with van der Waals surface area (Å²) in [5.41, 5.74) is -0.451. The number of nitrogens with zero attached hydrogens (tertiary/aromatic N) is 2. The molecule has 0 heterocycles. The summed E-state index contributed by atoms with van der Waals surface area (Å²) in [5.74, 6) is -1.08. The van der Waals surface area contributed by atoms with E-state index in [1.165, 1.54) is 18.2 Å². The Balaban J connectivity index is 3.17. The van der Waals surface area contributed by atoms with Gasteiger partial charge in [0.1, 0.15) is 23.4 Å². The third-order valence-corrected chi connectivity index (χ3v) is 2.54. The van der Waals surface area contributed by atoms with E-state index in [0.29, 0.717) is 12.8 Å². The second-order valence-electron chi connectivity index (χ2n) is 3.89. The van der Waals surface area contributed by atoms with Gasteiger partial charge in [-0.25, -0.2) is 4.79 Å². The van der Waals surface area contributed by atoms with Crippen LogP contribution in [0.1, 0.15) is 25.3 Å². The van der Waals surface area contributed by atoms with Crippen LogP contribution in [-0.2, 0) is 4.79 Å². The summed E-state index contributed by atoms with van der Waals surface area (Å²) < 4.78 is 0. The van der Waals surface area contributed by atoms with Crippen LogP contribution in [0.5, 0.6) is 0 Å². The highest BCUT2D eigenvalue weighted by Gasteiger charge is 2.24. The van der Waals surface area contributed by atoms with E-state index in [4.69, 9.17) is 10.4 Å². The van der Waals surface area contributed by atoms with Crippen molar-refractivity contribution in [1.29, 1.82) is 5.26 Å². The van der Waals surface area contributed by atoms with Gasteiger partial charge in [-0.05, 0) is 18.6 Å². The summed E-state index contributed by atoms with van der Waals surface area (Å²) in [6.45, 7) is 1.82. The predicted octanol–water partition coefficient (Wildman–Crippen LogP) is 2.13. The molecule has 0 aliphatic carbocycles. The number of hydrogen-bond acceptors (Lipinski definition) is 5. The summed E-state index contributed by atoms with van der Waals surface area (Å²) in [5, 5.41) is 31.5. The van der Waals surface area contributed by atoms with Gasteiger partial charge in [-0.3, -0.25) is 10.1 Å². The number of benzene rings is 1. The van der Waals surface area contributed by atoms with E-state index in [9.17, 15) is 14.9 Å². The van der Waals surface area contributed by atoms with Crippen LogP contribution in [0.15, 0.2) is 18.2 Å². The molecule has 0 saturated carbocycles. The van der Waals surface area contributed by atoms with Gasteiger partial charge in [0.15, 0.2) is 0 Å². The molecule has 0 aromatic heterocycles. The average molecular weight is 263 g/mol. The Bertz CT molecular complexity index is 536. The number of aliphatic carboxylic acids is 1. The van der Waals surface area contributed by atoms with Crippen LogP contribution in [0.4, 0.5) is 11.4 Å². The Hall–Kier alpha value is -2.62. The summed E-state index contributed by atoms with van der Waals surface area (Å²) in [7, 11) is 0. The molecule has 100 valence electrons. The minimum atomic E-state index is -1.08. The van der Waals surface area contributed by atoms with Gasteiger partial charge < -0.3 is 10.4 Å². The van der Waals surface area contributed by atoms with E-state index >= 15 is 0 Å². The minimum Gasteiger partial charge on any atom is -0.480 e. The molecule has 1 aromatic rings. The number of carboxylic acids is 1. The van der Waals surface area contributed by atoms with Gasteiger partial charge in [-0.2, -0.15) is 5.26 Å². The van der Waals surface area contributed by atoms with Crippen molar-refractivity contribution in [2.24, 2.45) is 0 Å². The Morgan fingerprint density at radius 3 is 2.79 bits per heavy atom. The van der Waals surface area contributed by atoms with Crippen molar-refractivity contribution in [2.75, 3.05) is 5.32 Å². The molecular formula is C12H13N3O4. The molecule has 0 radical (unpaired) electrons. The topological polar surface area (TPSA) is 116 Å². The highest BCUT2D eigenvalue weighted by Crippen LogP contribution is 2.29. The minimum absolute atomic E-state index is 0.0462. The smallest absolute Gasteiger partial charge is 0.326 e. The Morgan fingerprint density at radius 1 is 1.63 bits per heavy atom. The van der Waals surface area contributed by atoms with Crippen molar-refractivity contribution >= 4 is 17.3 Å². The average Bonchev–Trinajstić information content (AvgIpc) is 2.37. The van der Waals surface area contributed by atoms with E-state index in [2.05, 4.69) is 5.32 Å². The number of para-hydroxylation sites is 1. The first-order chi connectivity index (χ1) is 9.01. The van der Waals surface area contributed by atoms with Crippen LogP contribution >= 0.6 is 0 Å². The molecular weight excluding hydrogens is 250 g/mol. The molecule has 7 nitrogen and oxygen atoms in total. The van der Waals surface area contributed by atoms with Gasteiger partial charge in [-0.15, -0.1) is 0 Å². The molecule has 19 heavy (non-hydrogen) atoms. The first kappa shape index (κ1) is 14.4. The highest BCUT2D eigenvalue weighted by molar-refractivity contribution is 5.80. The van der Waals surface area contributed by atoms with Crippen LogP contribution in [0.2, 0.25) is 0 Å². The second-order valence-corrected chi connectivity index (χ2v) is 3.89. The number of nitro groups is 1. The lowest BCUT2D eigenvalue weighted by atomic mass is 10.1. The normalized spacial score (nSPS) is 11.4. The van der Waals surface area contributed by atoms with Crippen molar-refractivity contribution in [3.8, 4) is 6.07 Å². The standard InChI is InChI=1S/C12H13N3O4/c1-2-4-10(12(16)17)14-9-6-3-5-8(7-13)11(9)15(18)19/h3,5-6,10,14H,2,4H2,1H3,(H,16,17). The first-order valence-corrected chi connectivity index (χ1v) is 5.68. The van der Waals surface area contributed by atoms with Gasteiger partial charge >= 0.3 is 11.7 Å². The fourth-order valence-electron chi connectivity index (χ4n) is 1.68. The fraction of sp³-hybridized carbons (Fsp3) is 0.333. The van der Waals surface area contributed by atoms with Gasteiger partial charge in [0, 0.05) is 0 Å². The summed E-state index contributed by atoms with van der Waals surface area (Å²) >= 11 is 0. The Labute approximate surface area is 109 Å². The van der Waals surface area contributed by atoms with Crippen molar-refractivity contribution in [3.63, 3.8) is 0 Å². The Morgan fingerprint density at radius 2 is 2.32 bits per heavy atom. The monoisotopic (exact) mass is 263 g/mol. The molecule has 1 unspecified atom stereocenters. The lowest BCUT2D eigenvalue weighted by Gasteiger charge is -2.15. The van der Waals surface area contributed by atoms with E-state index in [1.54, 1.807) is 6.07 Å². The molecule has 1 atom stereocenters. The molecule has 0 saturated heterocycles. The summed E-state index contributed by atoms with van der Waals surface area (Å²) in [4.78, 5) is 21.3. The number of nitriles is 1. The first-order valence-electron chi connectivity index (χ1n) is 5.68. The van der Waals surface area contributed by atoms with Gasteiger partial charge in [0.2, 0.25) is 0 Å². The molecule has 0 amide bonds. The van der Waals surface area contributed by atoms with Crippen molar-refractivity contribution in [2.45, 2.75) is 25.8 Å². The van der Waals surface area contributed by atoms with Crippen LogP contribution < -0.4 is 5.32 Å².